The number of alkyl halides is 4. The normalized spacial score (nSPS) is 11.6. The average molecular weight is 407 g/mol. The Morgan fingerprint density at radius 1 is 1.17 bits per heavy atom. The van der Waals surface area contributed by atoms with E-state index in [4.69, 9.17) is 0 Å². The Balaban J connectivity index is 1.70. The summed E-state index contributed by atoms with van der Waals surface area (Å²) in [5.74, 6) is -0.273. The van der Waals surface area contributed by atoms with E-state index < -0.39 is 24.3 Å². The first-order chi connectivity index (χ1) is 13.8. The summed E-state index contributed by atoms with van der Waals surface area (Å²) in [5, 5.41) is 3.98. The summed E-state index contributed by atoms with van der Waals surface area (Å²) in [6.07, 6.45) is 3.23. The van der Waals surface area contributed by atoms with Gasteiger partial charge in [0.05, 0.1) is 11.8 Å². The van der Waals surface area contributed by atoms with E-state index in [2.05, 4.69) is 30.9 Å². The van der Waals surface area contributed by atoms with Crippen molar-refractivity contribution < 1.29 is 22.4 Å². The third-order valence-electron chi connectivity index (χ3n) is 3.50. The van der Waals surface area contributed by atoms with E-state index in [9.17, 15) is 22.4 Å². The van der Waals surface area contributed by atoms with Crippen molar-refractivity contribution in [3.8, 4) is 11.4 Å². The summed E-state index contributed by atoms with van der Waals surface area (Å²) in [6, 6.07) is 2.80. The molecule has 2 N–H and O–H groups in total. The summed E-state index contributed by atoms with van der Waals surface area (Å²) >= 11 is 0. The standard InChI is InChI=1S/C17H13F4N7O/c18-8-11-5-12(7-13(6-11)17(19,20)21)16-24-10-28(27-16)4-1-15(29)26-25-14-9-22-2-3-23-14/h1-7,9-10H,8H2,(H,23,25)(H,26,29)/b4-1+. The molecule has 3 aromatic rings. The van der Waals surface area contributed by atoms with Crippen LogP contribution >= 0.6 is 0 Å². The fraction of sp³-hybridized carbons (Fsp3) is 0.118. The van der Waals surface area contributed by atoms with Crippen LogP contribution in [-0.2, 0) is 17.6 Å². The first-order valence-electron chi connectivity index (χ1n) is 8.04. The van der Waals surface area contributed by atoms with Crippen molar-refractivity contribution in [1.82, 2.24) is 30.2 Å². The summed E-state index contributed by atoms with van der Waals surface area (Å²) in [7, 11) is 0. The lowest BCUT2D eigenvalue weighted by atomic mass is 10.1. The fourth-order valence-electron chi connectivity index (χ4n) is 2.22. The molecule has 0 radical (unpaired) electrons. The molecule has 0 atom stereocenters. The van der Waals surface area contributed by atoms with Gasteiger partial charge in [-0.05, 0) is 23.8 Å². The van der Waals surface area contributed by atoms with Crippen LogP contribution in [0.5, 0.6) is 0 Å². The van der Waals surface area contributed by atoms with Gasteiger partial charge in [0, 0.05) is 30.2 Å². The number of halogens is 4. The molecule has 29 heavy (non-hydrogen) atoms. The zero-order chi connectivity index (χ0) is 20.9. The minimum Gasteiger partial charge on any atom is -0.280 e. The van der Waals surface area contributed by atoms with Crippen molar-refractivity contribution in [2.24, 2.45) is 0 Å². The molecular formula is C17H13F4N7O. The second kappa shape index (κ2) is 8.46. The number of hydrazine groups is 1. The van der Waals surface area contributed by atoms with Gasteiger partial charge in [0.2, 0.25) is 0 Å². The van der Waals surface area contributed by atoms with Crippen LogP contribution in [0.1, 0.15) is 11.1 Å². The Bertz CT molecular complexity index is 1020. The fourth-order valence-corrected chi connectivity index (χ4v) is 2.22. The highest BCUT2D eigenvalue weighted by Gasteiger charge is 2.31. The molecule has 0 aliphatic heterocycles. The Hall–Kier alpha value is -3.83. The summed E-state index contributed by atoms with van der Waals surface area (Å²) in [4.78, 5) is 23.4. The average Bonchev–Trinajstić information content (AvgIpc) is 3.19. The molecule has 0 aliphatic rings. The van der Waals surface area contributed by atoms with Crippen molar-refractivity contribution in [3.63, 3.8) is 0 Å². The number of nitrogens with zero attached hydrogens (tertiary/aromatic N) is 5. The highest BCUT2D eigenvalue weighted by molar-refractivity contribution is 5.90. The highest BCUT2D eigenvalue weighted by Crippen LogP contribution is 2.32. The van der Waals surface area contributed by atoms with Gasteiger partial charge in [0.25, 0.3) is 5.91 Å². The van der Waals surface area contributed by atoms with E-state index >= 15 is 0 Å². The van der Waals surface area contributed by atoms with Gasteiger partial charge in [-0.25, -0.2) is 19.0 Å². The summed E-state index contributed by atoms with van der Waals surface area (Å²) < 4.78 is 53.0. The lowest BCUT2D eigenvalue weighted by molar-refractivity contribution is -0.137. The van der Waals surface area contributed by atoms with Crippen molar-refractivity contribution in [2.45, 2.75) is 12.9 Å². The van der Waals surface area contributed by atoms with E-state index in [1.54, 1.807) is 0 Å². The van der Waals surface area contributed by atoms with E-state index in [0.717, 1.165) is 22.9 Å². The molecular weight excluding hydrogens is 394 g/mol. The van der Waals surface area contributed by atoms with Gasteiger partial charge >= 0.3 is 6.18 Å². The molecule has 2 heterocycles. The van der Waals surface area contributed by atoms with E-state index in [1.807, 2.05) is 0 Å². The zero-order valence-corrected chi connectivity index (χ0v) is 14.6. The predicted octanol–water partition coefficient (Wildman–Crippen LogP) is 2.84. The van der Waals surface area contributed by atoms with Crippen LogP contribution in [0.4, 0.5) is 23.4 Å². The van der Waals surface area contributed by atoms with Gasteiger partial charge in [-0.15, -0.1) is 5.10 Å². The number of rotatable bonds is 6. The molecule has 3 rings (SSSR count). The summed E-state index contributed by atoms with van der Waals surface area (Å²) in [5.41, 5.74) is 3.74. The number of nitrogens with one attached hydrogen (secondary N) is 2. The quantitative estimate of drug-likeness (QED) is 0.371. The van der Waals surface area contributed by atoms with Crippen LogP contribution < -0.4 is 10.9 Å². The van der Waals surface area contributed by atoms with Gasteiger partial charge in [-0.2, -0.15) is 13.2 Å². The van der Waals surface area contributed by atoms with Crippen molar-refractivity contribution >= 4 is 17.9 Å². The third-order valence-corrected chi connectivity index (χ3v) is 3.50. The van der Waals surface area contributed by atoms with Crippen LogP contribution in [0.15, 0.2) is 49.2 Å². The van der Waals surface area contributed by atoms with E-state index in [1.165, 1.54) is 37.2 Å². The number of aromatic nitrogens is 5. The van der Waals surface area contributed by atoms with Gasteiger partial charge in [-0.1, -0.05) is 0 Å². The van der Waals surface area contributed by atoms with Gasteiger partial charge in [0.1, 0.15) is 13.0 Å². The van der Waals surface area contributed by atoms with Crippen molar-refractivity contribution in [3.05, 3.63) is 60.3 Å². The second-order valence-corrected chi connectivity index (χ2v) is 5.62. The van der Waals surface area contributed by atoms with Gasteiger partial charge < -0.3 is 0 Å². The molecule has 0 bridgehead atoms. The van der Waals surface area contributed by atoms with Crippen molar-refractivity contribution in [1.29, 1.82) is 0 Å². The number of carbonyl (C=O) groups is 1. The van der Waals surface area contributed by atoms with Gasteiger partial charge in [0.15, 0.2) is 11.6 Å². The first-order valence-corrected chi connectivity index (χ1v) is 8.04. The predicted molar refractivity (Wildman–Crippen MR) is 94.4 cm³/mol. The Labute approximate surface area is 161 Å². The van der Waals surface area contributed by atoms with E-state index in [0.29, 0.717) is 5.82 Å². The minimum absolute atomic E-state index is 0.00777. The molecule has 150 valence electrons. The van der Waals surface area contributed by atoms with Crippen LogP contribution in [0.2, 0.25) is 0 Å². The third kappa shape index (κ3) is 5.34. The Kier molecular flexibility index (Phi) is 5.81. The molecule has 0 saturated heterocycles. The zero-order valence-electron chi connectivity index (χ0n) is 14.6. The number of anilines is 1. The molecule has 1 amide bonds. The Morgan fingerprint density at radius 2 is 2.00 bits per heavy atom. The lowest BCUT2D eigenvalue weighted by Gasteiger charge is -2.09. The van der Waals surface area contributed by atoms with E-state index in [-0.39, 0.29) is 17.0 Å². The van der Waals surface area contributed by atoms with Crippen LogP contribution in [0.3, 0.4) is 0 Å². The van der Waals surface area contributed by atoms with Gasteiger partial charge in [-0.3, -0.25) is 20.6 Å². The molecule has 0 spiro atoms. The number of benzene rings is 1. The van der Waals surface area contributed by atoms with Crippen LogP contribution in [0, 0.1) is 0 Å². The van der Waals surface area contributed by atoms with Crippen LogP contribution in [-0.4, -0.2) is 30.6 Å². The number of hydrogen-bond acceptors (Lipinski definition) is 6. The molecule has 8 nitrogen and oxygen atoms in total. The summed E-state index contributed by atoms with van der Waals surface area (Å²) in [6.45, 7) is -1.06. The molecule has 12 heteroatoms. The molecule has 2 aromatic heterocycles. The molecule has 0 fully saturated rings. The molecule has 1 aromatic carbocycles. The number of carbonyl (C=O) groups excluding carboxylic acids is 1. The maximum Gasteiger partial charge on any atom is 0.416 e. The molecule has 0 aliphatic carbocycles. The maximum atomic E-state index is 13.0. The SMILES string of the molecule is O=C(/C=C/n1cnc(-c2cc(CF)cc(C(F)(F)F)c2)n1)NNc1cnccn1. The minimum atomic E-state index is -4.63. The number of amides is 1. The lowest BCUT2D eigenvalue weighted by Crippen LogP contribution is -2.28. The maximum absolute atomic E-state index is 13.0. The smallest absolute Gasteiger partial charge is 0.280 e. The van der Waals surface area contributed by atoms with Crippen molar-refractivity contribution in [2.75, 3.05) is 5.43 Å². The monoisotopic (exact) mass is 407 g/mol. The second-order valence-electron chi connectivity index (χ2n) is 5.62. The Morgan fingerprint density at radius 3 is 2.69 bits per heavy atom. The first kappa shape index (κ1) is 19.9. The largest absolute Gasteiger partial charge is 0.416 e. The molecule has 0 saturated carbocycles. The highest BCUT2D eigenvalue weighted by atomic mass is 19.4. The van der Waals surface area contributed by atoms with Crippen LogP contribution in [0.25, 0.3) is 17.6 Å². The number of hydrogen-bond donors (Lipinski definition) is 2. The topological polar surface area (TPSA) is 97.6 Å². The molecule has 0 unspecified atom stereocenters.